The summed E-state index contributed by atoms with van der Waals surface area (Å²) in [6, 6.07) is 0. The fourth-order valence-corrected chi connectivity index (χ4v) is 0.416. The van der Waals surface area contributed by atoms with Crippen molar-refractivity contribution in [1.82, 2.24) is 0 Å². The summed E-state index contributed by atoms with van der Waals surface area (Å²) in [7, 11) is 0. The van der Waals surface area contributed by atoms with Gasteiger partial charge in [-0.3, -0.25) is 4.79 Å². The van der Waals surface area contributed by atoms with E-state index in [1.165, 1.54) is 0 Å². The van der Waals surface area contributed by atoms with Crippen molar-refractivity contribution < 1.29 is 37.6 Å². The van der Waals surface area contributed by atoms with Crippen LogP contribution in [0.25, 0.3) is 0 Å². The Bertz CT molecular complexity index is 102. The maximum Gasteiger partial charge on any atom is 2.00 e. The van der Waals surface area contributed by atoms with E-state index in [2.05, 4.69) is 6.92 Å². The Morgan fingerprint density at radius 3 is 2.30 bits per heavy atom. The monoisotopic (exact) mass is 253 g/mol. The average Bonchev–Trinajstić information content (AvgIpc) is 1.66. The quantitative estimate of drug-likeness (QED) is 0.463. The molecule has 0 aromatic heterocycles. The van der Waals surface area contributed by atoms with Crippen LogP contribution >= 0.6 is 0 Å². The second kappa shape index (κ2) is 12.1. The van der Waals surface area contributed by atoms with Gasteiger partial charge in [-0.25, -0.2) is 0 Å². The molecule has 0 rings (SSSR count). The molecule has 0 aliphatic heterocycles. The molecular weight excluding hydrogens is 242 g/mol. The van der Waals surface area contributed by atoms with Gasteiger partial charge < -0.3 is 12.4 Å². The molecule has 10 heavy (non-hydrogen) atoms. The SMILES string of the molecule is CCC/C=C/C(C)=O.[Cl-].[Pd+2]. The molecule has 1 nitrogen and oxygen atoms in total. The van der Waals surface area contributed by atoms with E-state index in [1.807, 2.05) is 6.08 Å². The Kier molecular flexibility index (Phi) is 20.2. The molecule has 0 saturated heterocycles. The number of hydrogen-bond acceptors (Lipinski definition) is 1. The molecule has 0 unspecified atom stereocenters. The molecule has 0 N–H and O–H groups in total. The molecule has 0 fully saturated rings. The van der Waals surface area contributed by atoms with E-state index in [0.29, 0.717) is 0 Å². The van der Waals surface area contributed by atoms with Crippen LogP contribution in [-0.4, -0.2) is 5.78 Å². The second-order valence-electron chi connectivity index (χ2n) is 1.80. The number of carbonyl (C=O) groups excluding carboxylic acids is 1. The Morgan fingerprint density at radius 1 is 1.50 bits per heavy atom. The minimum atomic E-state index is 0. The van der Waals surface area contributed by atoms with Gasteiger partial charge in [-0.1, -0.05) is 19.4 Å². The van der Waals surface area contributed by atoms with Crippen molar-refractivity contribution in [3.8, 4) is 0 Å². The van der Waals surface area contributed by atoms with Crippen LogP contribution < -0.4 is 12.4 Å². The minimum Gasteiger partial charge on any atom is -1.00 e. The van der Waals surface area contributed by atoms with Crippen LogP contribution in [0.3, 0.4) is 0 Å². The predicted molar refractivity (Wildman–Crippen MR) is 34.7 cm³/mol. The number of unbranched alkanes of at least 4 members (excludes halogenated alkanes) is 1. The Balaban J connectivity index is -0.000000245. The third kappa shape index (κ3) is 15.8. The summed E-state index contributed by atoms with van der Waals surface area (Å²) in [4.78, 5) is 10.2. The second-order valence-corrected chi connectivity index (χ2v) is 1.80. The standard InChI is InChI=1S/C7H12O.ClH.Pd/c1-3-4-5-6-7(2)8;;/h5-6H,3-4H2,1-2H3;1H;/q;;+2/p-1/b6-5+;;. The van der Waals surface area contributed by atoms with E-state index in [9.17, 15) is 4.79 Å². The van der Waals surface area contributed by atoms with Crippen LogP contribution in [0.2, 0.25) is 0 Å². The van der Waals surface area contributed by atoms with Crippen LogP contribution in [-0.2, 0) is 25.2 Å². The Labute approximate surface area is 82.3 Å². The molecule has 0 heterocycles. The van der Waals surface area contributed by atoms with Crippen LogP contribution in [0.1, 0.15) is 26.7 Å². The number of halogens is 1. The summed E-state index contributed by atoms with van der Waals surface area (Å²) >= 11 is 0. The van der Waals surface area contributed by atoms with E-state index < -0.39 is 0 Å². The smallest absolute Gasteiger partial charge is 1.00 e. The van der Waals surface area contributed by atoms with Crippen molar-refractivity contribution in [3.63, 3.8) is 0 Å². The van der Waals surface area contributed by atoms with E-state index in [1.54, 1.807) is 13.0 Å². The molecule has 3 heteroatoms. The number of ketones is 1. The number of rotatable bonds is 3. The Morgan fingerprint density at radius 2 is 2.00 bits per heavy atom. The van der Waals surface area contributed by atoms with Crippen molar-refractivity contribution in [1.29, 1.82) is 0 Å². The maximum absolute atomic E-state index is 10.2. The van der Waals surface area contributed by atoms with Crippen LogP contribution in [0.5, 0.6) is 0 Å². The van der Waals surface area contributed by atoms with E-state index >= 15 is 0 Å². The fraction of sp³-hybridized carbons (Fsp3) is 0.571. The molecule has 0 aliphatic rings. The topological polar surface area (TPSA) is 17.1 Å². The van der Waals surface area contributed by atoms with Gasteiger partial charge in [-0.15, -0.1) is 0 Å². The minimum absolute atomic E-state index is 0. The first-order chi connectivity index (χ1) is 3.77. The summed E-state index contributed by atoms with van der Waals surface area (Å²) in [6.07, 6.45) is 5.65. The molecule has 0 radical (unpaired) electrons. The van der Waals surface area contributed by atoms with Crippen molar-refractivity contribution >= 4 is 5.78 Å². The first-order valence-corrected chi connectivity index (χ1v) is 2.94. The zero-order chi connectivity index (χ0) is 6.41. The van der Waals surface area contributed by atoms with Gasteiger partial charge in [-0.2, -0.15) is 0 Å². The van der Waals surface area contributed by atoms with Crippen molar-refractivity contribution in [3.05, 3.63) is 12.2 Å². The molecule has 0 aromatic rings. The number of allylic oxidation sites excluding steroid dienone is 2. The van der Waals surface area contributed by atoms with Crippen LogP contribution in [0.15, 0.2) is 12.2 Å². The summed E-state index contributed by atoms with van der Waals surface area (Å²) < 4.78 is 0. The average molecular weight is 254 g/mol. The predicted octanol–water partition coefficient (Wildman–Crippen LogP) is -1.07. The summed E-state index contributed by atoms with van der Waals surface area (Å²) in [5, 5.41) is 0. The van der Waals surface area contributed by atoms with E-state index in [-0.39, 0.29) is 38.6 Å². The van der Waals surface area contributed by atoms with Crippen LogP contribution in [0, 0.1) is 0 Å². The number of carbonyl (C=O) groups is 1. The largest absolute Gasteiger partial charge is 2.00 e. The van der Waals surface area contributed by atoms with Crippen molar-refractivity contribution in [2.45, 2.75) is 26.7 Å². The van der Waals surface area contributed by atoms with Crippen LogP contribution in [0.4, 0.5) is 0 Å². The zero-order valence-corrected chi connectivity index (χ0v) is 8.48. The molecule has 0 saturated carbocycles. The fourth-order valence-electron chi connectivity index (χ4n) is 0.416. The van der Waals surface area contributed by atoms with Gasteiger partial charge in [0.15, 0.2) is 5.78 Å². The maximum atomic E-state index is 10.2. The van der Waals surface area contributed by atoms with Gasteiger partial charge in [0.1, 0.15) is 0 Å². The third-order valence-corrected chi connectivity index (χ3v) is 0.808. The van der Waals surface area contributed by atoms with Gasteiger partial charge in [0.05, 0.1) is 0 Å². The molecule has 0 spiro atoms. The van der Waals surface area contributed by atoms with Gasteiger partial charge in [0.25, 0.3) is 0 Å². The van der Waals surface area contributed by atoms with Crippen molar-refractivity contribution in [2.75, 3.05) is 0 Å². The van der Waals surface area contributed by atoms with E-state index in [0.717, 1.165) is 12.8 Å². The van der Waals surface area contributed by atoms with Crippen molar-refractivity contribution in [2.24, 2.45) is 0 Å². The molecular formula is C7H12ClOPd+. The molecule has 0 aliphatic carbocycles. The first-order valence-electron chi connectivity index (χ1n) is 2.94. The van der Waals surface area contributed by atoms with Gasteiger partial charge in [0, 0.05) is 0 Å². The Hall–Kier alpha value is 0.362. The molecule has 62 valence electrons. The summed E-state index contributed by atoms with van der Waals surface area (Å²) in [5.74, 6) is 0.137. The van der Waals surface area contributed by atoms with E-state index in [4.69, 9.17) is 0 Å². The normalized spacial score (nSPS) is 8.20. The molecule has 0 aromatic carbocycles. The number of hydrogen-bond donors (Lipinski definition) is 0. The van der Waals surface area contributed by atoms with Gasteiger partial charge in [0.2, 0.25) is 0 Å². The first kappa shape index (κ1) is 16.8. The summed E-state index contributed by atoms with van der Waals surface area (Å²) in [6.45, 7) is 3.65. The third-order valence-electron chi connectivity index (χ3n) is 0.808. The van der Waals surface area contributed by atoms with Gasteiger partial charge >= 0.3 is 20.4 Å². The molecule has 0 atom stereocenters. The molecule has 0 bridgehead atoms. The zero-order valence-electron chi connectivity index (χ0n) is 6.17. The van der Waals surface area contributed by atoms with Gasteiger partial charge in [-0.05, 0) is 19.4 Å². The summed E-state index contributed by atoms with van der Waals surface area (Å²) in [5.41, 5.74) is 0. The molecule has 0 amide bonds.